The van der Waals surface area contributed by atoms with Crippen LogP contribution in [0.15, 0.2) is 0 Å². The zero-order valence-corrected chi connectivity index (χ0v) is 9.26. The summed E-state index contributed by atoms with van der Waals surface area (Å²) in [5.74, 6) is 0. The molecule has 0 aliphatic carbocycles. The summed E-state index contributed by atoms with van der Waals surface area (Å²) in [6.45, 7) is 4.37. The number of rotatable bonds is 8. The van der Waals surface area contributed by atoms with Crippen LogP contribution >= 0.6 is 0 Å². The van der Waals surface area contributed by atoms with Crippen LogP contribution in [0.25, 0.3) is 0 Å². The lowest BCUT2D eigenvalue weighted by Crippen LogP contribution is -2.23. The smallest absolute Gasteiger partial charge is 0.00387 e. The molecule has 2 nitrogen and oxygen atoms in total. The fourth-order valence-corrected chi connectivity index (χ4v) is 1.67. The summed E-state index contributed by atoms with van der Waals surface area (Å²) >= 11 is 0. The van der Waals surface area contributed by atoms with E-state index in [0.717, 1.165) is 25.7 Å². The Morgan fingerprint density at radius 1 is 0.769 bits per heavy atom. The lowest BCUT2D eigenvalue weighted by molar-refractivity contribution is 0.479. The average Bonchev–Trinajstić information content (AvgIpc) is 2.05. The second-order valence-electron chi connectivity index (χ2n) is 4.03. The summed E-state index contributed by atoms with van der Waals surface area (Å²) in [5, 5.41) is 0. The van der Waals surface area contributed by atoms with E-state index in [2.05, 4.69) is 13.8 Å². The van der Waals surface area contributed by atoms with E-state index in [4.69, 9.17) is 11.5 Å². The number of hydrogen-bond acceptors (Lipinski definition) is 2. The first-order chi connectivity index (χ1) is 6.20. The van der Waals surface area contributed by atoms with Crippen LogP contribution in [0.1, 0.15) is 58.8 Å². The van der Waals surface area contributed by atoms with Gasteiger partial charge in [-0.2, -0.15) is 0 Å². The Balaban J connectivity index is 3.23. The molecule has 13 heavy (non-hydrogen) atoms. The van der Waals surface area contributed by atoms with E-state index < -0.39 is 0 Å². The van der Waals surface area contributed by atoms with Gasteiger partial charge in [-0.15, -0.1) is 0 Å². The molecule has 0 aromatic rings. The molecule has 0 aliphatic rings. The van der Waals surface area contributed by atoms with Crippen LogP contribution in [-0.4, -0.2) is 12.1 Å². The Hall–Kier alpha value is -0.0800. The van der Waals surface area contributed by atoms with Crippen molar-refractivity contribution >= 4 is 0 Å². The molecule has 0 bridgehead atoms. The van der Waals surface area contributed by atoms with E-state index >= 15 is 0 Å². The highest BCUT2D eigenvalue weighted by atomic mass is 14.6. The maximum absolute atomic E-state index is 5.90. The quantitative estimate of drug-likeness (QED) is 0.611. The monoisotopic (exact) mass is 186 g/mol. The minimum absolute atomic E-state index is 0.402. The van der Waals surface area contributed by atoms with E-state index in [9.17, 15) is 0 Å². The van der Waals surface area contributed by atoms with Crippen molar-refractivity contribution in [2.24, 2.45) is 11.5 Å². The van der Waals surface area contributed by atoms with Gasteiger partial charge in [-0.1, -0.05) is 33.1 Å². The molecule has 80 valence electrons. The molecular formula is C11H26N2. The Labute approximate surface area is 83.1 Å². The van der Waals surface area contributed by atoms with Gasteiger partial charge in [0, 0.05) is 12.1 Å². The minimum Gasteiger partial charge on any atom is -0.328 e. The Kier molecular flexibility index (Phi) is 8.46. The van der Waals surface area contributed by atoms with Gasteiger partial charge in [0.05, 0.1) is 0 Å². The average molecular weight is 186 g/mol. The predicted molar refractivity (Wildman–Crippen MR) is 59.6 cm³/mol. The van der Waals surface area contributed by atoms with Crippen LogP contribution in [0.3, 0.4) is 0 Å². The van der Waals surface area contributed by atoms with Crippen molar-refractivity contribution in [1.29, 1.82) is 0 Å². The Morgan fingerprint density at radius 3 is 1.46 bits per heavy atom. The van der Waals surface area contributed by atoms with Gasteiger partial charge in [0.15, 0.2) is 0 Å². The van der Waals surface area contributed by atoms with Crippen molar-refractivity contribution in [1.82, 2.24) is 0 Å². The first-order valence-electron chi connectivity index (χ1n) is 5.71. The first kappa shape index (κ1) is 12.9. The Bertz CT molecular complexity index is 92.3. The van der Waals surface area contributed by atoms with Gasteiger partial charge in [0.1, 0.15) is 0 Å². The number of nitrogens with two attached hydrogens (primary N) is 2. The van der Waals surface area contributed by atoms with E-state index in [-0.39, 0.29) is 0 Å². The SMILES string of the molecule is CCCC(N)CCCC(N)CCC. The highest BCUT2D eigenvalue weighted by molar-refractivity contribution is 4.65. The van der Waals surface area contributed by atoms with Gasteiger partial charge in [0.2, 0.25) is 0 Å². The molecule has 2 atom stereocenters. The van der Waals surface area contributed by atoms with Crippen LogP contribution in [0.4, 0.5) is 0 Å². The molecule has 2 unspecified atom stereocenters. The zero-order chi connectivity index (χ0) is 10.1. The fourth-order valence-electron chi connectivity index (χ4n) is 1.67. The molecule has 0 spiro atoms. The molecule has 0 heterocycles. The van der Waals surface area contributed by atoms with Crippen molar-refractivity contribution in [3.05, 3.63) is 0 Å². The standard InChI is InChI=1S/C11H26N2/c1-3-6-10(12)8-5-9-11(13)7-4-2/h10-11H,3-9,12-13H2,1-2H3. The highest BCUT2D eigenvalue weighted by Crippen LogP contribution is 2.08. The minimum atomic E-state index is 0.402. The zero-order valence-electron chi connectivity index (χ0n) is 9.26. The third kappa shape index (κ3) is 8.26. The third-order valence-electron chi connectivity index (χ3n) is 2.47. The predicted octanol–water partition coefficient (Wildman–Crippen LogP) is 2.41. The molecule has 0 amide bonds. The lowest BCUT2D eigenvalue weighted by Gasteiger charge is -2.13. The third-order valence-corrected chi connectivity index (χ3v) is 2.47. The van der Waals surface area contributed by atoms with Gasteiger partial charge in [-0.05, 0) is 25.7 Å². The van der Waals surface area contributed by atoms with Crippen LogP contribution in [0.5, 0.6) is 0 Å². The maximum Gasteiger partial charge on any atom is 0.00387 e. The van der Waals surface area contributed by atoms with E-state index in [0.29, 0.717) is 12.1 Å². The normalized spacial score (nSPS) is 15.7. The van der Waals surface area contributed by atoms with Gasteiger partial charge >= 0.3 is 0 Å². The maximum atomic E-state index is 5.90. The molecule has 0 fully saturated rings. The summed E-state index contributed by atoms with van der Waals surface area (Å²) in [4.78, 5) is 0. The molecular weight excluding hydrogens is 160 g/mol. The molecule has 4 N–H and O–H groups in total. The van der Waals surface area contributed by atoms with E-state index in [1.165, 1.54) is 19.3 Å². The topological polar surface area (TPSA) is 52.0 Å². The Morgan fingerprint density at radius 2 is 1.15 bits per heavy atom. The number of hydrogen-bond donors (Lipinski definition) is 2. The lowest BCUT2D eigenvalue weighted by atomic mass is 10.0. The van der Waals surface area contributed by atoms with Crippen LogP contribution in [-0.2, 0) is 0 Å². The van der Waals surface area contributed by atoms with Crippen molar-refractivity contribution in [2.45, 2.75) is 70.9 Å². The molecule has 0 saturated carbocycles. The largest absolute Gasteiger partial charge is 0.328 e. The van der Waals surface area contributed by atoms with Crippen LogP contribution in [0.2, 0.25) is 0 Å². The van der Waals surface area contributed by atoms with Gasteiger partial charge in [-0.25, -0.2) is 0 Å². The van der Waals surface area contributed by atoms with Crippen LogP contribution < -0.4 is 11.5 Å². The molecule has 0 aromatic carbocycles. The van der Waals surface area contributed by atoms with Crippen LogP contribution in [0, 0.1) is 0 Å². The van der Waals surface area contributed by atoms with Gasteiger partial charge in [-0.3, -0.25) is 0 Å². The van der Waals surface area contributed by atoms with Crippen molar-refractivity contribution in [2.75, 3.05) is 0 Å². The summed E-state index contributed by atoms with van der Waals surface area (Å²) in [6.07, 6.45) is 8.19. The van der Waals surface area contributed by atoms with Crippen molar-refractivity contribution in [3.63, 3.8) is 0 Å². The van der Waals surface area contributed by atoms with E-state index in [1.54, 1.807) is 0 Å². The molecule has 0 radical (unpaired) electrons. The summed E-state index contributed by atoms with van der Waals surface area (Å²) < 4.78 is 0. The molecule has 0 rings (SSSR count). The molecule has 0 aliphatic heterocycles. The molecule has 0 aromatic heterocycles. The van der Waals surface area contributed by atoms with E-state index in [1.807, 2.05) is 0 Å². The van der Waals surface area contributed by atoms with Crippen molar-refractivity contribution < 1.29 is 0 Å². The van der Waals surface area contributed by atoms with Gasteiger partial charge in [0.25, 0.3) is 0 Å². The fraction of sp³-hybridized carbons (Fsp3) is 1.00. The summed E-state index contributed by atoms with van der Waals surface area (Å²) in [7, 11) is 0. The van der Waals surface area contributed by atoms with Gasteiger partial charge < -0.3 is 11.5 Å². The summed E-state index contributed by atoms with van der Waals surface area (Å²) in [6, 6.07) is 0.803. The second-order valence-corrected chi connectivity index (χ2v) is 4.03. The first-order valence-corrected chi connectivity index (χ1v) is 5.71. The highest BCUT2D eigenvalue weighted by Gasteiger charge is 2.04. The second kappa shape index (κ2) is 8.52. The molecule has 0 saturated heterocycles. The summed E-state index contributed by atoms with van der Waals surface area (Å²) in [5.41, 5.74) is 11.8. The van der Waals surface area contributed by atoms with Crippen molar-refractivity contribution in [3.8, 4) is 0 Å². The molecule has 2 heteroatoms.